The summed E-state index contributed by atoms with van der Waals surface area (Å²) in [4.78, 5) is 18.1. The molecule has 174 valence electrons. The Bertz CT molecular complexity index is 1320. The quantitative estimate of drug-likeness (QED) is 0.311. The molecule has 0 aliphatic rings. The highest BCUT2D eigenvalue weighted by atomic mass is 19.1. The molecule has 0 unspecified atom stereocenters. The predicted octanol–water partition coefficient (Wildman–Crippen LogP) is 3.38. The molecule has 34 heavy (non-hydrogen) atoms. The van der Waals surface area contributed by atoms with Crippen LogP contribution in [0.1, 0.15) is 29.8 Å². The number of nitro groups is 1. The summed E-state index contributed by atoms with van der Waals surface area (Å²) in [5, 5.41) is 30.7. The van der Waals surface area contributed by atoms with Gasteiger partial charge in [-0.3, -0.25) is 14.8 Å². The number of benzene rings is 1. The lowest BCUT2D eigenvalue weighted by atomic mass is 9.86. The number of hydrogen-bond acceptors (Lipinski definition) is 7. The second-order valence-corrected chi connectivity index (χ2v) is 7.60. The minimum Gasteiger partial charge on any atom is -0.381 e. The first-order valence-electron chi connectivity index (χ1n) is 10.1. The highest BCUT2D eigenvalue weighted by Crippen LogP contribution is 2.36. The first-order valence-corrected chi connectivity index (χ1v) is 10.1. The fourth-order valence-corrected chi connectivity index (χ4v) is 3.50. The Morgan fingerprint density at radius 3 is 2.68 bits per heavy atom. The second-order valence-electron chi connectivity index (χ2n) is 7.60. The largest absolute Gasteiger partial charge is 0.381 e. The Morgan fingerprint density at radius 1 is 1.21 bits per heavy atom. The zero-order valence-corrected chi connectivity index (χ0v) is 17.9. The van der Waals surface area contributed by atoms with Crippen LogP contribution in [0.5, 0.6) is 0 Å². The number of nitrogens with zero attached hydrogens (tertiary/aromatic N) is 7. The van der Waals surface area contributed by atoms with Gasteiger partial charge in [-0.25, -0.2) is 23.4 Å². The van der Waals surface area contributed by atoms with Crippen molar-refractivity contribution in [3.63, 3.8) is 0 Å². The number of aliphatic hydroxyl groups is 1. The van der Waals surface area contributed by atoms with Crippen LogP contribution in [-0.4, -0.2) is 39.6 Å². The van der Waals surface area contributed by atoms with E-state index in [1.807, 2.05) is 0 Å². The van der Waals surface area contributed by atoms with Gasteiger partial charge in [0.2, 0.25) is 0 Å². The van der Waals surface area contributed by atoms with E-state index in [4.69, 9.17) is 0 Å². The van der Waals surface area contributed by atoms with Crippen molar-refractivity contribution in [2.24, 2.45) is 0 Å². The molecule has 0 fully saturated rings. The highest BCUT2D eigenvalue weighted by molar-refractivity contribution is 5.67. The van der Waals surface area contributed by atoms with Crippen molar-refractivity contribution in [3.05, 3.63) is 100 Å². The third kappa shape index (κ3) is 4.71. The van der Waals surface area contributed by atoms with Gasteiger partial charge in [0.1, 0.15) is 36.1 Å². The van der Waals surface area contributed by atoms with Crippen LogP contribution < -0.4 is 0 Å². The molecule has 2 atom stereocenters. The molecule has 0 aliphatic heterocycles. The van der Waals surface area contributed by atoms with Crippen molar-refractivity contribution in [3.8, 4) is 0 Å². The number of rotatable bonds is 8. The van der Waals surface area contributed by atoms with Crippen LogP contribution in [0, 0.1) is 21.7 Å². The highest BCUT2D eigenvalue weighted by Gasteiger charge is 2.40. The molecule has 0 spiro atoms. The van der Waals surface area contributed by atoms with Crippen molar-refractivity contribution >= 4 is 17.8 Å². The summed E-state index contributed by atoms with van der Waals surface area (Å²) in [5.41, 5.74) is -0.923. The van der Waals surface area contributed by atoms with Gasteiger partial charge in [0, 0.05) is 29.5 Å². The molecule has 4 rings (SSSR count). The zero-order chi connectivity index (χ0) is 24.3. The van der Waals surface area contributed by atoms with Gasteiger partial charge in [-0.05, 0) is 31.2 Å². The molecule has 3 heterocycles. The number of aromatic nitrogens is 6. The van der Waals surface area contributed by atoms with E-state index in [1.54, 1.807) is 25.3 Å². The van der Waals surface area contributed by atoms with Crippen molar-refractivity contribution in [2.45, 2.75) is 25.1 Å². The molecule has 0 radical (unpaired) electrons. The molecular formula is C22H19F2N7O3. The maximum atomic E-state index is 14.7. The topological polar surface area (TPSA) is 125 Å². The van der Waals surface area contributed by atoms with Crippen LogP contribution in [-0.2, 0) is 12.1 Å². The molecule has 10 nitrogen and oxygen atoms in total. The average Bonchev–Trinajstić information content (AvgIpc) is 3.49. The Morgan fingerprint density at radius 2 is 2.03 bits per heavy atom. The van der Waals surface area contributed by atoms with Crippen molar-refractivity contribution in [2.75, 3.05) is 0 Å². The number of pyridine rings is 1. The summed E-state index contributed by atoms with van der Waals surface area (Å²) in [7, 11) is 0. The maximum absolute atomic E-state index is 14.7. The van der Waals surface area contributed by atoms with E-state index in [2.05, 4.69) is 20.2 Å². The van der Waals surface area contributed by atoms with E-state index in [0.717, 1.165) is 12.3 Å². The van der Waals surface area contributed by atoms with Crippen LogP contribution in [0.4, 0.5) is 14.5 Å². The van der Waals surface area contributed by atoms with E-state index in [1.165, 1.54) is 46.4 Å². The molecule has 0 aliphatic carbocycles. The Balaban J connectivity index is 1.62. The van der Waals surface area contributed by atoms with Gasteiger partial charge in [-0.1, -0.05) is 6.07 Å². The predicted molar refractivity (Wildman–Crippen MR) is 117 cm³/mol. The molecule has 1 N–H and O–H groups in total. The minimum atomic E-state index is -1.85. The molecule has 0 saturated carbocycles. The Labute approximate surface area is 192 Å². The maximum Gasteiger partial charge on any atom is 0.287 e. The molecule has 1 aromatic carbocycles. The van der Waals surface area contributed by atoms with Crippen molar-refractivity contribution in [1.82, 2.24) is 29.5 Å². The molecule has 0 amide bonds. The van der Waals surface area contributed by atoms with Crippen LogP contribution >= 0.6 is 0 Å². The Hall–Kier alpha value is -4.32. The normalized spacial score (nSPS) is 14.2. The first-order chi connectivity index (χ1) is 16.3. The molecule has 12 heteroatoms. The standard InChI is InChI=1S/C22H19F2N7O3/c1-15(22(32,12-29-14-25-13-28-29)20-7-3-17(23)8-21(20)24)30-11-16(9-27-30)2-4-18-5-6-19(10-26-18)31(33)34/h2-11,13-15,32H,12H2,1H3/t15-,22-/m1/s1. The summed E-state index contributed by atoms with van der Waals surface area (Å²) >= 11 is 0. The van der Waals surface area contributed by atoms with Gasteiger partial charge < -0.3 is 5.11 Å². The number of hydrogen-bond donors (Lipinski definition) is 1. The van der Waals surface area contributed by atoms with Crippen molar-refractivity contribution < 1.29 is 18.8 Å². The van der Waals surface area contributed by atoms with E-state index in [0.29, 0.717) is 17.3 Å². The van der Waals surface area contributed by atoms with Crippen LogP contribution in [0.2, 0.25) is 0 Å². The van der Waals surface area contributed by atoms with E-state index in [9.17, 15) is 24.0 Å². The summed E-state index contributed by atoms with van der Waals surface area (Å²) in [6, 6.07) is 5.05. The lowest BCUT2D eigenvalue weighted by Gasteiger charge is -2.34. The van der Waals surface area contributed by atoms with Gasteiger partial charge in [-0.2, -0.15) is 10.2 Å². The molecular weight excluding hydrogens is 448 g/mol. The fraction of sp³-hybridized carbons (Fsp3) is 0.182. The average molecular weight is 467 g/mol. The first kappa shape index (κ1) is 22.9. The monoisotopic (exact) mass is 467 g/mol. The van der Waals surface area contributed by atoms with E-state index < -0.39 is 28.2 Å². The minimum absolute atomic E-state index is 0.112. The second kappa shape index (κ2) is 9.27. The van der Waals surface area contributed by atoms with E-state index >= 15 is 0 Å². The summed E-state index contributed by atoms with van der Waals surface area (Å²) in [5.74, 6) is -1.66. The fourth-order valence-electron chi connectivity index (χ4n) is 3.50. The Kier molecular flexibility index (Phi) is 6.23. The van der Waals surface area contributed by atoms with Gasteiger partial charge in [-0.15, -0.1) is 0 Å². The zero-order valence-electron chi connectivity index (χ0n) is 17.9. The third-order valence-corrected chi connectivity index (χ3v) is 5.40. The molecule has 0 saturated heterocycles. The lowest BCUT2D eigenvalue weighted by Crippen LogP contribution is -2.40. The SMILES string of the molecule is C[C@@H](n1cc(C=Cc2ccc([N+](=O)[O-])cn2)cn1)[C@](O)(Cn1cncn1)c1ccc(F)cc1F. The summed E-state index contributed by atoms with van der Waals surface area (Å²) < 4.78 is 31.0. The lowest BCUT2D eigenvalue weighted by molar-refractivity contribution is -0.385. The summed E-state index contributed by atoms with van der Waals surface area (Å²) in [6.07, 6.45) is 10.3. The van der Waals surface area contributed by atoms with E-state index in [-0.39, 0.29) is 17.8 Å². The third-order valence-electron chi connectivity index (χ3n) is 5.40. The van der Waals surface area contributed by atoms with Gasteiger partial charge in [0.15, 0.2) is 0 Å². The molecule has 0 bridgehead atoms. The van der Waals surface area contributed by atoms with Crippen LogP contribution in [0.15, 0.2) is 61.6 Å². The molecule has 4 aromatic rings. The molecule has 3 aromatic heterocycles. The van der Waals surface area contributed by atoms with Crippen molar-refractivity contribution in [1.29, 1.82) is 0 Å². The summed E-state index contributed by atoms with van der Waals surface area (Å²) in [6.45, 7) is 1.49. The smallest absolute Gasteiger partial charge is 0.287 e. The van der Waals surface area contributed by atoms with Crippen LogP contribution in [0.3, 0.4) is 0 Å². The van der Waals surface area contributed by atoms with Gasteiger partial charge >= 0.3 is 0 Å². The van der Waals surface area contributed by atoms with Crippen LogP contribution in [0.25, 0.3) is 12.2 Å². The van der Waals surface area contributed by atoms with Gasteiger partial charge in [0.25, 0.3) is 5.69 Å². The number of halogens is 2. The van der Waals surface area contributed by atoms with Gasteiger partial charge in [0.05, 0.1) is 29.4 Å².